The number of carboxylic acids is 1. The highest BCUT2D eigenvalue weighted by Crippen LogP contribution is 2.19. The van der Waals surface area contributed by atoms with Gasteiger partial charge >= 0.3 is 11.7 Å². The van der Waals surface area contributed by atoms with Crippen LogP contribution in [0.2, 0.25) is 0 Å². The molecule has 0 bridgehead atoms. The molecule has 2 aromatic rings. The van der Waals surface area contributed by atoms with Crippen molar-refractivity contribution in [3.63, 3.8) is 0 Å². The molecule has 0 saturated carbocycles. The number of hydrogen-bond donors (Lipinski definition) is 1. The minimum atomic E-state index is -0.767. The molecule has 1 unspecified atom stereocenters. The average Bonchev–Trinajstić information content (AvgIpc) is 3.02. The van der Waals surface area contributed by atoms with Crippen LogP contribution in [-0.2, 0) is 11.3 Å². The maximum atomic E-state index is 12.1. The first-order valence-electron chi connectivity index (χ1n) is 7.15. The second-order valence-corrected chi connectivity index (χ2v) is 5.36. The van der Waals surface area contributed by atoms with Crippen molar-refractivity contribution in [3.05, 3.63) is 34.9 Å². The normalized spacial score (nSPS) is 19.3. The number of aromatic nitrogens is 3. The number of hydrogen-bond acceptors (Lipinski definition) is 4. The zero-order valence-corrected chi connectivity index (χ0v) is 11.7. The van der Waals surface area contributed by atoms with Crippen LogP contribution in [0.15, 0.2) is 29.2 Å². The van der Waals surface area contributed by atoms with Gasteiger partial charge in [0.1, 0.15) is 0 Å². The summed E-state index contributed by atoms with van der Waals surface area (Å²) in [4.78, 5) is 25.1. The zero-order chi connectivity index (χ0) is 14.8. The lowest BCUT2D eigenvalue weighted by Gasteiger charge is -2.22. The van der Waals surface area contributed by atoms with E-state index in [1.165, 1.54) is 9.08 Å². The van der Waals surface area contributed by atoms with E-state index in [0.717, 1.165) is 19.4 Å². The van der Waals surface area contributed by atoms with E-state index in [4.69, 9.17) is 5.11 Å². The van der Waals surface area contributed by atoms with Crippen molar-refractivity contribution in [1.82, 2.24) is 19.1 Å². The molecule has 112 valence electrons. The van der Waals surface area contributed by atoms with E-state index in [0.29, 0.717) is 18.7 Å². The number of likely N-dealkylation sites (tertiary alicyclic amines) is 1. The highest BCUT2D eigenvalue weighted by atomic mass is 16.4. The Morgan fingerprint density at radius 3 is 3.00 bits per heavy atom. The van der Waals surface area contributed by atoms with Crippen molar-refractivity contribution in [3.8, 4) is 0 Å². The molecule has 0 radical (unpaired) electrons. The number of carboxylic acid groups (broad SMARTS) is 1. The molecule has 0 aromatic carbocycles. The molecule has 1 N–H and O–H groups in total. The average molecular weight is 290 g/mol. The summed E-state index contributed by atoms with van der Waals surface area (Å²) >= 11 is 0. The van der Waals surface area contributed by atoms with Crippen LogP contribution in [0.5, 0.6) is 0 Å². The van der Waals surface area contributed by atoms with Crippen LogP contribution in [0.3, 0.4) is 0 Å². The zero-order valence-electron chi connectivity index (χ0n) is 11.7. The van der Waals surface area contributed by atoms with E-state index < -0.39 is 5.97 Å². The van der Waals surface area contributed by atoms with Gasteiger partial charge in [-0.2, -0.15) is 0 Å². The van der Waals surface area contributed by atoms with Gasteiger partial charge in [-0.25, -0.2) is 9.48 Å². The summed E-state index contributed by atoms with van der Waals surface area (Å²) in [6.45, 7) is 2.03. The van der Waals surface area contributed by atoms with Crippen molar-refractivity contribution in [2.24, 2.45) is 0 Å². The molecule has 0 aliphatic carbocycles. The minimum absolute atomic E-state index is 0.0789. The molecule has 1 fully saturated rings. The fraction of sp³-hybridized carbons (Fsp3) is 0.500. The maximum absolute atomic E-state index is 12.1. The fourth-order valence-electron chi connectivity index (χ4n) is 2.96. The van der Waals surface area contributed by atoms with E-state index in [-0.39, 0.29) is 18.2 Å². The first-order valence-corrected chi connectivity index (χ1v) is 7.15. The van der Waals surface area contributed by atoms with Gasteiger partial charge in [0.2, 0.25) is 0 Å². The molecule has 3 rings (SSSR count). The topological polar surface area (TPSA) is 79.8 Å². The van der Waals surface area contributed by atoms with E-state index in [1.807, 2.05) is 6.07 Å². The van der Waals surface area contributed by atoms with Crippen LogP contribution in [0.1, 0.15) is 19.3 Å². The molecule has 1 atom stereocenters. The Hall–Kier alpha value is -2.15. The summed E-state index contributed by atoms with van der Waals surface area (Å²) in [5.74, 6) is -0.767. The van der Waals surface area contributed by atoms with Crippen molar-refractivity contribution in [2.75, 3.05) is 13.1 Å². The highest BCUT2D eigenvalue weighted by Gasteiger charge is 2.26. The first kappa shape index (κ1) is 13.8. The van der Waals surface area contributed by atoms with Crippen molar-refractivity contribution in [2.45, 2.75) is 31.8 Å². The monoisotopic (exact) mass is 290 g/mol. The summed E-state index contributed by atoms with van der Waals surface area (Å²) in [6.07, 6.45) is 3.79. The second-order valence-electron chi connectivity index (χ2n) is 5.36. The third kappa shape index (κ3) is 2.82. The molecule has 1 saturated heterocycles. The van der Waals surface area contributed by atoms with Gasteiger partial charge in [0.15, 0.2) is 5.65 Å². The van der Waals surface area contributed by atoms with E-state index in [2.05, 4.69) is 10.00 Å². The standard InChI is InChI=1S/C14H18N4O3/c19-13(20)10-11-4-3-6-16(11)8-9-18-14(21)17-7-2-1-5-12(17)15-18/h1-2,5,7,11H,3-4,6,8-10H2,(H,19,20). The Balaban J connectivity index is 1.70. The third-order valence-corrected chi connectivity index (χ3v) is 4.00. The van der Waals surface area contributed by atoms with Gasteiger partial charge in [-0.15, -0.1) is 5.10 Å². The molecule has 0 amide bonds. The molecular weight excluding hydrogens is 272 g/mol. The summed E-state index contributed by atoms with van der Waals surface area (Å²) in [5, 5.41) is 13.2. The number of carbonyl (C=O) groups is 1. The molecule has 3 heterocycles. The highest BCUT2D eigenvalue weighted by molar-refractivity contribution is 5.67. The van der Waals surface area contributed by atoms with Gasteiger partial charge in [-0.05, 0) is 31.5 Å². The van der Waals surface area contributed by atoms with Crippen LogP contribution in [0.25, 0.3) is 5.65 Å². The Morgan fingerprint density at radius 2 is 2.24 bits per heavy atom. The van der Waals surface area contributed by atoms with Crippen molar-refractivity contribution < 1.29 is 9.90 Å². The number of rotatable bonds is 5. The Labute approximate surface area is 121 Å². The van der Waals surface area contributed by atoms with Crippen molar-refractivity contribution >= 4 is 11.6 Å². The Bertz CT molecular complexity index is 706. The SMILES string of the molecule is O=C(O)CC1CCCN1CCn1nc2ccccn2c1=O. The summed E-state index contributed by atoms with van der Waals surface area (Å²) < 4.78 is 2.96. The van der Waals surface area contributed by atoms with Crippen LogP contribution in [0, 0.1) is 0 Å². The molecular formula is C14H18N4O3. The van der Waals surface area contributed by atoms with Crippen LogP contribution >= 0.6 is 0 Å². The van der Waals surface area contributed by atoms with E-state index >= 15 is 0 Å². The Kier molecular flexibility index (Phi) is 3.74. The van der Waals surface area contributed by atoms with Gasteiger partial charge in [0, 0.05) is 18.8 Å². The van der Waals surface area contributed by atoms with Crippen LogP contribution in [0.4, 0.5) is 0 Å². The molecule has 21 heavy (non-hydrogen) atoms. The molecule has 7 heteroatoms. The number of aliphatic carboxylic acids is 1. The minimum Gasteiger partial charge on any atom is -0.481 e. The lowest BCUT2D eigenvalue weighted by Crippen LogP contribution is -2.36. The Morgan fingerprint density at radius 1 is 1.38 bits per heavy atom. The molecule has 2 aromatic heterocycles. The molecule has 1 aliphatic rings. The van der Waals surface area contributed by atoms with Gasteiger partial charge in [0.25, 0.3) is 0 Å². The lowest BCUT2D eigenvalue weighted by atomic mass is 10.1. The molecule has 0 spiro atoms. The van der Waals surface area contributed by atoms with Gasteiger partial charge in [0.05, 0.1) is 13.0 Å². The summed E-state index contributed by atoms with van der Waals surface area (Å²) in [5.41, 5.74) is 0.477. The molecule has 1 aliphatic heterocycles. The van der Waals surface area contributed by atoms with Gasteiger partial charge in [-0.1, -0.05) is 6.07 Å². The third-order valence-electron chi connectivity index (χ3n) is 4.00. The quantitative estimate of drug-likeness (QED) is 0.864. The predicted molar refractivity (Wildman–Crippen MR) is 76.3 cm³/mol. The number of fused-ring (bicyclic) bond motifs is 1. The van der Waals surface area contributed by atoms with Gasteiger partial charge < -0.3 is 5.11 Å². The fourth-order valence-corrected chi connectivity index (χ4v) is 2.96. The second kappa shape index (κ2) is 5.69. The molecule has 7 nitrogen and oxygen atoms in total. The largest absolute Gasteiger partial charge is 0.481 e. The number of pyridine rings is 1. The summed E-state index contributed by atoms with van der Waals surface area (Å²) in [7, 11) is 0. The van der Waals surface area contributed by atoms with E-state index in [1.54, 1.807) is 18.3 Å². The smallest absolute Gasteiger partial charge is 0.350 e. The predicted octanol–water partition coefficient (Wildman–Crippen LogP) is 0.435. The van der Waals surface area contributed by atoms with Crippen molar-refractivity contribution in [1.29, 1.82) is 0 Å². The number of nitrogens with zero attached hydrogens (tertiary/aromatic N) is 4. The summed E-state index contributed by atoms with van der Waals surface area (Å²) in [6, 6.07) is 5.51. The first-order chi connectivity index (χ1) is 10.1. The van der Waals surface area contributed by atoms with Crippen LogP contribution in [-0.4, -0.2) is 49.3 Å². The lowest BCUT2D eigenvalue weighted by molar-refractivity contribution is -0.138. The van der Waals surface area contributed by atoms with E-state index in [9.17, 15) is 9.59 Å². The van der Waals surface area contributed by atoms with Gasteiger partial charge in [-0.3, -0.25) is 14.1 Å². The maximum Gasteiger partial charge on any atom is 0.350 e. The van der Waals surface area contributed by atoms with Crippen LogP contribution < -0.4 is 5.69 Å².